The predicted octanol–water partition coefficient (Wildman–Crippen LogP) is 7.49. The Hall–Kier alpha value is -3.72. The van der Waals surface area contributed by atoms with Crippen molar-refractivity contribution in [2.45, 2.75) is 25.9 Å². The lowest BCUT2D eigenvalue weighted by molar-refractivity contribution is 0.484. The van der Waals surface area contributed by atoms with E-state index in [4.69, 9.17) is 4.74 Å². The molecule has 0 unspecified atom stereocenters. The summed E-state index contributed by atoms with van der Waals surface area (Å²) in [5.41, 5.74) is 5.18. The number of nitrogens with zero attached hydrogens (tertiary/aromatic N) is 2. The van der Waals surface area contributed by atoms with Crippen molar-refractivity contribution in [1.82, 2.24) is 9.13 Å². The van der Waals surface area contributed by atoms with E-state index in [9.17, 15) is 0 Å². The van der Waals surface area contributed by atoms with Crippen LogP contribution in [0.5, 0.6) is 11.5 Å². The van der Waals surface area contributed by atoms with Crippen LogP contribution in [0.25, 0.3) is 43.6 Å². The molecule has 6 heterocycles. The topological polar surface area (TPSA) is 19.1 Å². The Morgan fingerprint density at radius 1 is 0.484 bits per heavy atom. The zero-order valence-corrected chi connectivity index (χ0v) is 17.2. The van der Waals surface area contributed by atoms with Gasteiger partial charge in [0, 0.05) is 56.7 Å². The second-order valence-electron chi connectivity index (χ2n) is 8.50. The highest BCUT2D eigenvalue weighted by Crippen LogP contribution is 2.36. The number of ether oxygens (including phenoxy) is 1. The largest absolute Gasteiger partial charge is 0.457 e. The predicted molar refractivity (Wildman–Crippen MR) is 128 cm³/mol. The molecule has 4 aliphatic rings. The fourth-order valence-electron chi connectivity index (χ4n) is 5.35. The Morgan fingerprint density at radius 3 is 1.45 bits per heavy atom. The van der Waals surface area contributed by atoms with Gasteiger partial charge >= 0.3 is 0 Å². The van der Waals surface area contributed by atoms with E-state index in [0.29, 0.717) is 0 Å². The molecule has 10 rings (SSSR count). The molecule has 0 radical (unpaired) electrons. The Bertz CT molecular complexity index is 1500. The summed E-state index contributed by atoms with van der Waals surface area (Å²) in [4.78, 5) is 0. The molecule has 0 spiro atoms. The third-order valence-corrected chi connectivity index (χ3v) is 6.74. The monoisotopic (exact) mass is 402 g/mol. The standard InChI is InChI=1S/C28H22N2O/c1-3-9-25-21(7-1)23-17-19-11-13-27(23)29(25)15-5-6-16-30-26-10-4-2-8-22(26)24-18-20(31-19)12-14-28(24)30/h1-4,7-14,17-18H,5-6,15-16H2. The van der Waals surface area contributed by atoms with Crippen LogP contribution in [0, 0.1) is 0 Å². The van der Waals surface area contributed by atoms with E-state index >= 15 is 0 Å². The van der Waals surface area contributed by atoms with E-state index in [1.54, 1.807) is 0 Å². The Labute approximate surface area is 180 Å². The molecule has 0 fully saturated rings. The Morgan fingerprint density at radius 2 is 0.935 bits per heavy atom. The first-order chi connectivity index (χ1) is 15.4. The molecule has 0 N–H and O–H groups in total. The number of benzene rings is 4. The summed E-state index contributed by atoms with van der Waals surface area (Å²) in [5.74, 6) is 1.77. The van der Waals surface area contributed by atoms with Gasteiger partial charge in [-0.2, -0.15) is 0 Å². The van der Waals surface area contributed by atoms with Gasteiger partial charge in [-0.05, 0) is 61.4 Å². The first-order valence-corrected chi connectivity index (χ1v) is 11.1. The van der Waals surface area contributed by atoms with Crippen molar-refractivity contribution in [2.75, 3.05) is 0 Å². The second-order valence-corrected chi connectivity index (χ2v) is 8.50. The highest BCUT2D eigenvalue weighted by molar-refractivity contribution is 6.09. The molecular weight excluding hydrogens is 380 g/mol. The molecule has 0 saturated carbocycles. The molecular formula is C28H22N2O. The average molecular weight is 402 g/mol. The van der Waals surface area contributed by atoms with Crippen LogP contribution in [0.1, 0.15) is 12.8 Å². The fraction of sp³-hybridized carbons (Fsp3) is 0.143. The van der Waals surface area contributed by atoms with E-state index in [0.717, 1.165) is 37.4 Å². The Kier molecular flexibility index (Phi) is 3.50. The van der Waals surface area contributed by atoms with Crippen molar-refractivity contribution >= 4 is 43.6 Å². The first-order valence-electron chi connectivity index (χ1n) is 11.1. The molecule has 31 heavy (non-hydrogen) atoms. The third-order valence-electron chi connectivity index (χ3n) is 6.74. The van der Waals surface area contributed by atoms with Crippen LogP contribution in [0.3, 0.4) is 0 Å². The minimum Gasteiger partial charge on any atom is -0.457 e. The minimum atomic E-state index is 0.883. The highest BCUT2D eigenvalue weighted by atomic mass is 16.5. The van der Waals surface area contributed by atoms with Gasteiger partial charge in [-0.15, -0.1) is 0 Å². The van der Waals surface area contributed by atoms with Gasteiger partial charge in [-0.25, -0.2) is 0 Å². The smallest absolute Gasteiger partial charge is 0.128 e. The van der Waals surface area contributed by atoms with Crippen molar-refractivity contribution in [1.29, 1.82) is 0 Å². The van der Waals surface area contributed by atoms with Gasteiger partial charge in [0.25, 0.3) is 0 Å². The zero-order valence-electron chi connectivity index (χ0n) is 17.2. The summed E-state index contributed by atoms with van der Waals surface area (Å²) in [6, 6.07) is 30.5. The number of rotatable bonds is 0. The van der Waals surface area contributed by atoms with Crippen LogP contribution in [0.4, 0.5) is 0 Å². The normalized spacial score (nSPS) is 14.2. The fourth-order valence-corrected chi connectivity index (χ4v) is 5.35. The van der Waals surface area contributed by atoms with E-state index in [1.165, 1.54) is 43.6 Å². The molecule has 4 aliphatic heterocycles. The van der Waals surface area contributed by atoms with Crippen molar-refractivity contribution < 1.29 is 4.74 Å². The maximum atomic E-state index is 6.38. The van der Waals surface area contributed by atoms with Gasteiger partial charge in [-0.3, -0.25) is 0 Å². The summed E-state index contributed by atoms with van der Waals surface area (Å²) in [5, 5.41) is 5.12. The summed E-state index contributed by atoms with van der Waals surface area (Å²) >= 11 is 0. The summed E-state index contributed by atoms with van der Waals surface area (Å²) in [6.07, 6.45) is 2.27. The SMILES string of the molecule is c1ccc2c(c1)c1cc3ccc1n2CCCCn1c2ccccc2c2cc(ccc21)O3. The number of aromatic nitrogens is 2. The van der Waals surface area contributed by atoms with Crippen LogP contribution < -0.4 is 4.74 Å². The van der Waals surface area contributed by atoms with Gasteiger partial charge in [0.05, 0.1) is 0 Å². The first kappa shape index (κ1) is 17.0. The van der Waals surface area contributed by atoms with Gasteiger partial charge in [-0.1, -0.05) is 36.4 Å². The molecule has 0 saturated heterocycles. The van der Waals surface area contributed by atoms with E-state index in [-0.39, 0.29) is 0 Å². The zero-order chi connectivity index (χ0) is 20.4. The molecule has 0 amide bonds. The summed E-state index contributed by atoms with van der Waals surface area (Å²) in [6.45, 7) is 2.04. The minimum absolute atomic E-state index is 0.883. The molecule has 3 heteroatoms. The maximum absolute atomic E-state index is 6.38. The molecule has 6 aromatic rings. The number of para-hydroxylation sites is 2. The quantitative estimate of drug-likeness (QED) is 0.258. The van der Waals surface area contributed by atoms with Crippen LogP contribution in [0.2, 0.25) is 0 Å². The number of fused-ring (bicyclic) bond motifs is 2. The lowest BCUT2D eigenvalue weighted by atomic mass is 10.1. The van der Waals surface area contributed by atoms with E-state index in [2.05, 4.69) is 94.1 Å². The number of aryl methyl sites for hydroxylation is 2. The third kappa shape index (κ3) is 2.46. The summed E-state index contributed by atoms with van der Waals surface area (Å²) in [7, 11) is 0. The molecule has 4 aromatic carbocycles. The molecule has 150 valence electrons. The molecule has 8 bridgehead atoms. The summed E-state index contributed by atoms with van der Waals surface area (Å²) < 4.78 is 11.3. The molecule has 3 nitrogen and oxygen atoms in total. The number of hydrogen-bond donors (Lipinski definition) is 0. The lowest BCUT2D eigenvalue weighted by Gasteiger charge is -2.10. The van der Waals surface area contributed by atoms with Crippen molar-refractivity contribution in [3.8, 4) is 11.5 Å². The van der Waals surface area contributed by atoms with Gasteiger partial charge in [0.1, 0.15) is 11.5 Å². The van der Waals surface area contributed by atoms with Crippen LogP contribution >= 0.6 is 0 Å². The van der Waals surface area contributed by atoms with Crippen molar-refractivity contribution in [2.24, 2.45) is 0 Å². The van der Waals surface area contributed by atoms with Crippen LogP contribution in [-0.2, 0) is 13.1 Å². The van der Waals surface area contributed by atoms with E-state index in [1.807, 2.05) is 0 Å². The molecule has 0 atom stereocenters. The van der Waals surface area contributed by atoms with Crippen LogP contribution in [-0.4, -0.2) is 9.13 Å². The maximum Gasteiger partial charge on any atom is 0.128 e. The second kappa shape index (κ2) is 6.39. The van der Waals surface area contributed by atoms with Gasteiger partial charge < -0.3 is 13.9 Å². The van der Waals surface area contributed by atoms with E-state index < -0.39 is 0 Å². The molecule has 2 aromatic heterocycles. The van der Waals surface area contributed by atoms with Gasteiger partial charge in [0.2, 0.25) is 0 Å². The van der Waals surface area contributed by atoms with Crippen molar-refractivity contribution in [3.63, 3.8) is 0 Å². The highest BCUT2D eigenvalue weighted by Gasteiger charge is 2.15. The lowest BCUT2D eigenvalue weighted by Crippen LogP contribution is -2.02. The van der Waals surface area contributed by atoms with Crippen molar-refractivity contribution in [3.05, 3.63) is 84.9 Å². The van der Waals surface area contributed by atoms with Crippen LogP contribution in [0.15, 0.2) is 84.9 Å². The molecule has 0 aliphatic carbocycles. The number of hydrogen-bond acceptors (Lipinski definition) is 1. The Balaban J connectivity index is 1.49. The van der Waals surface area contributed by atoms with Gasteiger partial charge in [0.15, 0.2) is 0 Å². The average Bonchev–Trinajstić information content (AvgIpc) is 3.28.